The van der Waals surface area contributed by atoms with Gasteiger partial charge in [-0.1, -0.05) is 13.8 Å². The standard InChI is InChI=1S/C57H62N10O8S2/c1-8-14-62-28-35(27-58-62)39-23-41-48(25-46(39)70-6)74-30-44-51(61-66(52(41)44)37-11-20-76-31-37)55(69)64-17-19-73-34-57(64,5)13-10-36-22-45(65(59-36)15-9-2)40-24-42-49(26-47(40)71-7)75-29-43-50(54(68)63-16-18-72-33-56(63,3)4)60-67(53(42)43)38-12-21-77-32-38/h11-12,20-28,31-32H,8-10,13-19,29-30,33-34H2,1-7H3. The van der Waals surface area contributed by atoms with Crippen molar-refractivity contribution in [2.24, 2.45) is 0 Å². The predicted molar refractivity (Wildman–Crippen MR) is 293 cm³/mol. The fourth-order valence-electron chi connectivity index (χ4n) is 11.3. The number of amides is 2. The largest absolute Gasteiger partial charge is 0.496 e. The summed E-state index contributed by atoms with van der Waals surface area (Å²) in [5.74, 6) is 2.25. The zero-order valence-electron chi connectivity index (χ0n) is 44.5. The maximum atomic E-state index is 15.3. The van der Waals surface area contributed by atoms with E-state index in [1.807, 2.05) is 101 Å². The second-order valence-electron chi connectivity index (χ2n) is 20.9. The average Bonchev–Trinajstić information content (AvgIpc) is 4.49. The number of benzene rings is 2. The molecule has 0 N–H and O–H groups in total. The van der Waals surface area contributed by atoms with Gasteiger partial charge >= 0.3 is 0 Å². The Balaban J connectivity index is 0.872. The molecule has 1 atom stereocenters. The highest BCUT2D eigenvalue weighted by Crippen LogP contribution is 2.49. The minimum atomic E-state index is -0.710. The Bertz CT molecular complexity index is 3520. The molecule has 400 valence electrons. The fourth-order valence-corrected chi connectivity index (χ4v) is 12.5. The molecule has 12 rings (SSSR count). The normalized spacial score (nSPS) is 17.5. The van der Waals surface area contributed by atoms with Crippen molar-refractivity contribution in [2.75, 3.05) is 53.7 Å². The summed E-state index contributed by atoms with van der Waals surface area (Å²) in [5, 5.41) is 28.1. The molecule has 2 aromatic carbocycles. The number of hydrogen-bond donors (Lipinski definition) is 0. The highest BCUT2D eigenvalue weighted by molar-refractivity contribution is 7.08. The van der Waals surface area contributed by atoms with Crippen molar-refractivity contribution < 1.29 is 38.0 Å². The number of thiophene rings is 2. The molecule has 0 aliphatic carbocycles. The number of hydrogen-bond acceptors (Lipinski definition) is 14. The molecule has 0 saturated carbocycles. The Morgan fingerprint density at radius 2 is 1.29 bits per heavy atom. The van der Waals surface area contributed by atoms with Gasteiger partial charge in [-0.05, 0) is 87.5 Å². The van der Waals surface area contributed by atoms with E-state index < -0.39 is 11.1 Å². The number of carbonyl (C=O) groups is 2. The molecule has 2 fully saturated rings. The number of aryl methyl sites for hydroxylation is 3. The number of rotatable bonds is 15. The molecule has 0 spiro atoms. The van der Waals surface area contributed by atoms with Gasteiger partial charge in [0.2, 0.25) is 0 Å². The molecule has 0 bridgehead atoms. The quantitative estimate of drug-likeness (QED) is 0.0955. The number of nitrogens with zero attached hydrogens (tertiary/aromatic N) is 10. The Hall–Kier alpha value is -7.26. The molecule has 6 aromatic heterocycles. The van der Waals surface area contributed by atoms with Gasteiger partial charge in [-0.15, -0.1) is 0 Å². The summed E-state index contributed by atoms with van der Waals surface area (Å²) in [6, 6.07) is 14.2. The summed E-state index contributed by atoms with van der Waals surface area (Å²) in [4.78, 5) is 33.7. The Morgan fingerprint density at radius 3 is 1.87 bits per heavy atom. The molecular formula is C57H62N10O8S2. The second-order valence-corrected chi connectivity index (χ2v) is 22.4. The van der Waals surface area contributed by atoms with Crippen LogP contribution in [0.25, 0.3) is 56.3 Å². The van der Waals surface area contributed by atoms with Crippen LogP contribution < -0.4 is 18.9 Å². The van der Waals surface area contributed by atoms with Crippen molar-refractivity contribution in [2.45, 2.75) is 97.7 Å². The van der Waals surface area contributed by atoms with Crippen molar-refractivity contribution in [3.8, 4) is 79.3 Å². The van der Waals surface area contributed by atoms with E-state index in [9.17, 15) is 4.79 Å². The summed E-state index contributed by atoms with van der Waals surface area (Å²) < 4.78 is 44.8. The van der Waals surface area contributed by atoms with Crippen LogP contribution in [-0.4, -0.2) is 126 Å². The van der Waals surface area contributed by atoms with Crippen LogP contribution in [0.2, 0.25) is 0 Å². The third kappa shape index (κ3) is 8.88. The fraction of sp³-hybridized carbons (Fsp3) is 0.404. The van der Waals surface area contributed by atoms with E-state index in [1.54, 1.807) is 36.9 Å². The minimum absolute atomic E-state index is 0.151. The maximum Gasteiger partial charge on any atom is 0.275 e. The van der Waals surface area contributed by atoms with Crippen LogP contribution in [0.3, 0.4) is 0 Å². The Morgan fingerprint density at radius 1 is 0.701 bits per heavy atom. The molecule has 0 radical (unpaired) electrons. The lowest BCUT2D eigenvalue weighted by atomic mass is 9.91. The zero-order chi connectivity index (χ0) is 53.2. The van der Waals surface area contributed by atoms with Crippen LogP contribution in [-0.2, 0) is 42.2 Å². The van der Waals surface area contributed by atoms with E-state index in [0.717, 1.165) is 92.5 Å². The Labute approximate surface area is 454 Å². The molecule has 10 heterocycles. The first-order valence-electron chi connectivity index (χ1n) is 26.3. The van der Waals surface area contributed by atoms with E-state index in [1.165, 1.54) is 0 Å². The van der Waals surface area contributed by atoms with Crippen molar-refractivity contribution in [3.05, 3.63) is 105 Å². The maximum absolute atomic E-state index is 15.3. The highest BCUT2D eigenvalue weighted by atomic mass is 32.1. The SMILES string of the molecule is CCCn1cc(-c2cc3c(cc2OC)OCc2c(C(=O)N4CCOCC4(C)CCc4cc(-c5cc6c(cc5OC)OCc5c(C(=O)N7CCOCC7(C)C)nn(-c7ccsc7)c5-6)n(CCC)n4)nn(-c4ccsc4)c2-3)cn1. The molecule has 4 aliphatic rings. The van der Waals surface area contributed by atoms with Gasteiger partial charge in [0.05, 0.1) is 92.1 Å². The number of morpholine rings is 2. The first-order valence-corrected chi connectivity index (χ1v) is 28.2. The summed E-state index contributed by atoms with van der Waals surface area (Å²) in [6.07, 6.45) is 6.81. The van der Waals surface area contributed by atoms with Crippen molar-refractivity contribution in [1.82, 2.24) is 48.9 Å². The molecular weight excluding hydrogens is 1020 g/mol. The van der Waals surface area contributed by atoms with E-state index >= 15 is 4.79 Å². The van der Waals surface area contributed by atoms with Gasteiger partial charge in [-0.2, -0.15) is 43.1 Å². The second kappa shape index (κ2) is 20.3. The molecule has 18 nitrogen and oxygen atoms in total. The van der Waals surface area contributed by atoms with Gasteiger partial charge in [0, 0.05) is 94.2 Å². The number of methoxy groups -OCH3 is 2. The molecule has 20 heteroatoms. The zero-order valence-corrected chi connectivity index (χ0v) is 46.1. The summed E-state index contributed by atoms with van der Waals surface area (Å²) in [5.41, 5.74) is 10.3. The van der Waals surface area contributed by atoms with Gasteiger partial charge < -0.3 is 38.2 Å². The smallest absolute Gasteiger partial charge is 0.275 e. The Kier molecular flexibility index (Phi) is 13.3. The van der Waals surface area contributed by atoms with Gasteiger partial charge in [0.15, 0.2) is 11.4 Å². The third-order valence-corrected chi connectivity index (χ3v) is 16.6. The lowest BCUT2D eigenvalue weighted by Crippen LogP contribution is -2.57. The lowest BCUT2D eigenvalue weighted by Gasteiger charge is -2.44. The van der Waals surface area contributed by atoms with Crippen LogP contribution in [0, 0.1) is 0 Å². The first-order chi connectivity index (χ1) is 37.4. The monoisotopic (exact) mass is 1080 g/mol. The molecule has 77 heavy (non-hydrogen) atoms. The van der Waals surface area contributed by atoms with E-state index in [4.69, 9.17) is 43.7 Å². The molecule has 4 aliphatic heterocycles. The molecule has 2 saturated heterocycles. The van der Waals surface area contributed by atoms with Crippen LogP contribution in [0.15, 0.2) is 76.4 Å². The van der Waals surface area contributed by atoms with E-state index in [0.29, 0.717) is 93.3 Å². The van der Waals surface area contributed by atoms with E-state index in [-0.39, 0.29) is 25.0 Å². The number of aromatic nitrogens is 8. The number of ether oxygens (including phenoxy) is 6. The van der Waals surface area contributed by atoms with Crippen molar-refractivity contribution in [3.63, 3.8) is 0 Å². The van der Waals surface area contributed by atoms with Crippen LogP contribution in [0.5, 0.6) is 23.0 Å². The lowest BCUT2D eigenvalue weighted by molar-refractivity contribution is -0.0487. The topological polar surface area (TPSA) is 167 Å². The van der Waals surface area contributed by atoms with Gasteiger partial charge in [-0.25, -0.2) is 9.36 Å². The third-order valence-electron chi connectivity index (χ3n) is 15.2. The van der Waals surface area contributed by atoms with Crippen molar-refractivity contribution >= 4 is 34.5 Å². The summed E-state index contributed by atoms with van der Waals surface area (Å²) in [7, 11) is 3.32. The van der Waals surface area contributed by atoms with Gasteiger partial charge in [-0.3, -0.25) is 19.0 Å². The molecule has 2 amide bonds. The van der Waals surface area contributed by atoms with Gasteiger partial charge in [0.1, 0.15) is 36.2 Å². The molecule has 8 aromatic rings. The van der Waals surface area contributed by atoms with Gasteiger partial charge in [0.25, 0.3) is 11.8 Å². The van der Waals surface area contributed by atoms with E-state index in [2.05, 4.69) is 44.1 Å². The average molecular weight is 1080 g/mol. The minimum Gasteiger partial charge on any atom is -0.496 e. The number of fused-ring (bicyclic) bond motifs is 6. The summed E-state index contributed by atoms with van der Waals surface area (Å²) >= 11 is 3.14. The van der Waals surface area contributed by atoms with Crippen LogP contribution in [0.4, 0.5) is 0 Å². The predicted octanol–water partition coefficient (Wildman–Crippen LogP) is 9.98. The number of carbonyl (C=O) groups excluding carboxylic acids is 2. The first kappa shape index (κ1) is 50.6. The van der Waals surface area contributed by atoms with Crippen molar-refractivity contribution in [1.29, 1.82) is 0 Å². The highest BCUT2D eigenvalue weighted by Gasteiger charge is 2.43. The van der Waals surface area contributed by atoms with Crippen LogP contribution in [0.1, 0.15) is 91.7 Å². The van der Waals surface area contributed by atoms with Crippen LogP contribution >= 0.6 is 22.7 Å². The summed E-state index contributed by atoms with van der Waals surface area (Å²) in [6.45, 7) is 14.7. The molecule has 1 unspecified atom stereocenters.